The second-order valence-corrected chi connectivity index (χ2v) is 3.36. The van der Waals surface area contributed by atoms with Crippen molar-refractivity contribution in [1.29, 1.82) is 0 Å². The molecular weight excluding hydrogens is 176 g/mol. The maximum Gasteiger partial charge on any atom is 0.0658 e. The summed E-state index contributed by atoms with van der Waals surface area (Å²) in [5.41, 5.74) is 2.37. The molecule has 0 amide bonds. The monoisotopic (exact) mass is 194 g/mol. The average molecular weight is 194 g/mol. The summed E-state index contributed by atoms with van der Waals surface area (Å²) in [6.07, 6.45) is 3.75. The minimum atomic E-state index is 0.248. The Hall–Kier alpha value is -0.930. The molecule has 1 unspecified atom stereocenters. The van der Waals surface area contributed by atoms with Gasteiger partial charge in [-0.3, -0.25) is 4.98 Å². The number of nitrogens with one attached hydrogen (secondary N) is 1. The number of likely N-dealkylation sites (N-methyl/N-ethyl adjacent to an activating group) is 1. The minimum absolute atomic E-state index is 0.248. The van der Waals surface area contributed by atoms with Crippen LogP contribution in [-0.2, 0) is 4.74 Å². The molecule has 0 saturated carbocycles. The van der Waals surface area contributed by atoms with Gasteiger partial charge in [0, 0.05) is 19.5 Å². The minimum Gasteiger partial charge on any atom is -0.383 e. The molecule has 1 atom stereocenters. The lowest BCUT2D eigenvalue weighted by Crippen LogP contribution is -2.25. The van der Waals surface area contributed by atoms with Gasteiger partial charge in [-0.1, -0.05) is 13.0 Å². The average Bonchev–Trinajstić information content (AvgIpc) is 2.17. The SMILES string of the molecule is CCNC(COC)c1cncc(C)c1. The predicted molar refractivity (Wildman–Crippen MR) is 57.3 cm³/mol. The van der Waals surface area contributed by atoms with Gasteiger partial charge in [0.25, 0.3) is 0 Å². The van der Waals surface area contributed by atoms with Crippen molar-refractivity contribution < 1.29 is 4.74 Å². The zero-order valence-electron chi connectivity index (χ0n) is 9.08. The van der Waals surface area contributed by atoms with Gasteiger partial charge in [-0.2, -0.15) is 0 Å². The van der Waals surface area contributed by atoms with E-state index in [1.54, 1.807) is 7.11 Å². The van der Waals surface area contributed by atoms with Gasteiger partial charge in [0.15, 0.2) is 0 Å². The molecule has 0 aliphatic rings. The molecule has 78 valence electrons. The summed E-state index contributed by atoms with van der Waals surface area (Å²) in [7, 11) is 1.72. The highest BCUT2D eigenvalue weighted by molar-refractivity contribution is 5.20. The lowest BCUT2D eigenvalue weighted by molar-refractivity contribution is 0.167. The molecule has 0 saturated heterocycles. The van der Waals surface area contributed by atoms with Crippen molar-refractivity contribution >= 4 is 0 Å². The maximum absolute atomic E-state index is 5.16. The van der Waals surface area contributed by atoms with Crippen LogP contribution >= 0.6 is 0 Å². The van der Waals surface area contributed by atoms with Crippen molar-refractivity contribution in [3.63, 3.8) is 0 Å². The number of methoxy groups -OCH3 is 1. The molecule has 0 aliphatic heterocycles. The molecule has 1 N–H and O–H groups in total. The van der Waals surface area contributed by atoms with Crippen LogP contribution in [0.15, 0.2) is 18.5 Å². The van der Waals surface area contributed by atoms with Crippen LogP contribution in [0.2, 0.25) is 0 Å². The molecule has 3 nitrogen and oxygen atoms in total. The molecule has 1 heterocycles. The second-order valence-electron chi connectivity index (χ2n) is 3.36. The molecule has 1 aromatic rings. The van der Waals surface area contributed by atoms with Crippen LogP contribution in [0.4, 0.5) is 0 Å². The van der Waals surface area contributed by atoms with Crippen LogP contribution in [-0.4, -0.2) is 25.2 Å². The fraction of sp³-hybridized carbons (Fsp3) is 0.545. The van der Waals surface area contributed by atoms with E-state index in [1.165, 1.54) is 11.1 Å². The van der Waals surface area contributed by atoms with Crippen molar-refractivity contribution in [3.05, 3.63) is 29.6 Å². The molecule has 1 rings (SSSR count). The Labute approximate surface area is 85.5 Å². The zero-order chi connectivity index (χ0) is 10.4. The van der Waals surface area contributed by atoms with Crippen LogP contribution in [0.5, 0.6) is 0 Å². The van der Waals surface area contributed by atoms with Crippen LogP contribution in [0, 0.1) is 6.92 Å². The van der Waals surface area contributed by atoms with Crippen molar-refractivity contribution in [3.8, 4) is 0 Å². The summed E-state index contributed by atoms with van der Waals surface area (Å²) in [5, 5.41) is 3.36. The Bertz CT molecular complexity index is 270. The molecule has 0 bridgehead atoms. The van der Waals surface area contributed by atoms with Gasteiger partial charge >= 0.3 is 0 Å². The fourth-order valence-corrected chi connectivity index (χ4v) is 1.45. The molecule has 0 aliphatic carbocycles. The van der Waals surface area contributed by atoms with E-state index in [4.69, 9.17) is 4.74 Å². The number of ether oxygens (including phenoxy) is 1. The summed E-state index contributed by atoms with van der Waals surface area (Å²) >= 11 is 0. The Morgan fingerprint density at radius 1 is 1.50 bits per heavy atom. The van der Waals surface area contributed by atoms with Gasteiger partial charge in [0.05, 0.1) is 12.6 Å². The van der Waals surface area contributed by atoms with Gasteiger partial charge in [0.2, 0.25) is 0 Å². The highest BCUT2D eigenvalue weighted by Crippen LogP contribution is 2.12. The topological polar surface area (TPSA) is 34.1 Å². The van der Waals surface area contributed by atoms with Crippen LogP contribution < -0.4 is 5.32 Å². The first-order chi connectivity index (χ1) is 6.77. The second kappa shape index (κ2) is 5.73. The molecule has 3 heteroatoms. The van der Waals surface area contributed by atoms with Gasteiger partial charge in [0.1, 0.15) is 0 Å². The number of pyridine rings is 1. The third kappa shape index (κ3) is 3.09. The van der Waals surface area contributed by atoms with E-state index >= 15 is 0 Å². The number of aromatic nitrogens is 1. The Kier molecular flexibility index (Phi) is 4.56. The third-order valence-corrected chi connectivity index (χ3v) is 2.08. The Balaban J connectivity index is 2.75. The highest BCUT2D eigenvalue weighted by atomic mass is 16.5. The van der Waals surface area contributed by atoms with Gasteiger partial charge < -0.3 is 10.1 Å². The van der Waals surface area contributed by atoms with Crippen molar-refractivity contribution in [2.24, 2.45) is 0 Å². The molecule has 0 fully saturated rings. The Morgan fingerprint density at radius 2 is 2.29 bits per heavy atom. The van der Waals surface area contributed by atoms with Crippen molar-refractivity contribution in [2.45, 2.75) is 19.9 Å². The first kappa shape index (κ1) is 11.1. The van der Waals surface area contributed by atoms with E-state index in [0.717, 1.165) is 6.54 Å². The summed E-state index contributed by atoms with van der Waals surface area (Å²) < 4.78 is 5.16. The molecule has 1 aromatic heterocycles. The number of hydrogen-bond donors (Lipinski definition) is 1. The normalized spacial score (nSPS) is 12.8. The summed E-state index contributed by atoms with van der Waals surface area (Å²) in [6.45, 7) is 5.75. The first-order valence-corrected chi connectivity index (χ1v) is 4.91. The first-order valence-electron chi connectivity index (χ1n) is 4.91. The molecule has 0 aromatic carbocycles. The van der Waals surface area contributed by atoms with Crippen LogP contribution in [0.1, 0.15) is 24.1 Å². The number of rotatable bonds is 5. The van der Waals surface area contributed by atoms with E-state index in [0.29, 0.717) is 6.61 Å². The molecule has 0 radical (unpaired) electrons. The van der Waals surface area contributed by atoms with Crippen LogP contribution in [0.3, 0.4) is 0 Å². The van der Waals surface area contributed by atoms with Crippen molar-refractivity contribution in [1.82, 2.24) is 10.3 Å². The summed E-state index contributed by atoms with van der Waals surface area (Å²) in [6, 6.07) is 2.39. The van der Waals surface area contributed by atoms with E-state index in [9.17, 15) is 0 Å². The lowest BCUT2D eigenvalue weighted by atomic mass is 10.1. The quantitative estimate of drug-likeness (QED) is 0.774. The standard InChI is InChI=1S/C11H18N2O/c1-4-13-11(8-14-3)10-5-9(2)6-12-7-10/h5-7,11,13H,4,8H2,1-3H3. The van der Waals surface area contributed by atoms with Crippen LogP contribution in [0.25, 0.3) is 0 Å². The zero-order valence-corrected chi connectivity index (χ0v) is 9.08. The fourth-order valence-electron chi connectivity index (χ4n) is 1.45. The van der Waals surface area contributed by atoms with Gasteiger partial charge in [-0.15, -0.1) is 0 Å². The smallest absolute Gasteiger partial charge is 0.0658 e. The number of nitrogens with zero attached hydrogens (tertiary/aromatic N) is 1. The Morgan fingerprint density at radius 3 is 2.86 bits per heavy atom. The summed E-state index contributed by atoms with van der Waals surface area (Å²) in [5.74, 6) is 0. The largest absolute Gasteiger partial charge is 0.383 e. The molecule has 14 heavy (non-hydrogen) atoms. The highest BCUT2D eigenvalue weighted by Gasteiger charge is 2.09. The van der Waals surface area contributed by atoms with Crippen molar-refractivity contribution in [2.75, 3.05) is 20.3 Å². The van der Waals surface area contributed by atoms with E-state index in [-0.39, 0.29) is 6.04 Å². The predicted octanol–water partition coefficient (Wildman–Crippen LogP) is 1.69. The molecular formula is C11H18N2O. The van der Waals surface area contributed by atoms with Gasteiger partial charge in [-0.05, 0) is 24.6 Å². The number of hydrogen-bond acceptors (Lipinski definition) is 3. The van der Waals surface area contributed by atoms with E-state index < -0.39 is 0 Å². The number of aryl methyl sites for hydroxylation is 1. The van der Waals surface area contributed by atoms with Gasteiger partial charge in [-0.25, -0.2) is 0 Å². The lowest BCUT2D eigenvalue weighted by Gasteiger charge is -2.17. The maximum atomic E-state index is 5.16. The van der Waals surface area contributed by atoms with E-state index in [2.05, 4.69) is 23.3 Å². The molecule has 0 spiro atoms. The third-order valence-electron chi connectivity index (χ3n) is 2.08. The van der Waals surface area contributed by atoms with E-state index in [1.807, 2.05) is 19.3 Å². The summed E-state index contributed by atoms with van der Waals surface area (Å²) in [4.78, 5) is 4.17.